The number of carbonyl (C=O) groups is 1. The maximum Gasteiger partial charge on any atom is 0.248 e. The fourth-order valence-electron chi connectivity index (χ4n) is 1.58. The molecule has 0 atom stereocenters. The van der Waals surface area contributed by atoms with E-state index in [1.165, 1.54) is 4.90 Å². The molecule has 0 aliphatic carbocycles. The highest BCUT2D eigenvalue weighted by atomic mass is 32.2. The van der Waals surface area contributed by atoms with Crippen molar-refractivity contribution < 1.29 is 4.79 Å². The van der Waals surface area contributed by atoms with E-state index in [-0.39, 0.29) is 0 Å². The van der Waals surface area contributed by atoms with Crippen LogP contribution in [-0.2, 0) is 0 Å². The fraction of sp³-hybridized carbons (Fsp3) is 0.0667. The zero-order chi connectivity index (χ0) is 13.7. The van der Waals surface area contributed by atoms with Crippen LogP contribution < -0.4 is 5.73 Å². The van der Waals surface area contributed by atoms with E-state index in [1.54, 1.807) is 36.2 Å². The molecule has 96 valence electrons. The summed E-state index contributed by atoms with van der Waals surface area (Å²) in [5.41, 5.74) is 7.42. The lowest BCUT2D eigenvalue weighted by molar-refractivity contribution is 0.100. The average molecular weight is 270 g/mol. The Morgan fingerprint density at radius 3 is 2.58 bits per heavy atom. The maximum atomic E-state index is 11.1. The molecule has 0 unspecified atom stereocenters. The van der Waals surface area contributed by atoms with E-state index in [4.69, 9.17) is 5.73 Å². The van der Waals surface area contributed by atoms with Crippen LogP contribution in [0.5, 0.6) is 0 Å². The summed E-state index contributed by atoms with van der Waals surface area (Å²) in [4.78, 5) is 16.6. The minimum absolute atomic E-state index is 0.443. The Morgan fingerprint density at radius 2 is 1.95 bits per heavy atom. The van der Waals surface area contributed by atoms with Crippen molar-refractivity contribution >= 4 is 29.6 Å². The monoisotopic (exact) mass is 270 g/mol. The first kappa shape index (κ1) is 13.4. The molecule has 2 rings (SSSR count). The van der Waals surface area contributed by atoms with Gasteiger partial charge in [-0.25, -0.2) is 0 Å². The average Bonchev–Trinajstić information content (AvgIpc) is 2.46. The summed E-state index contributed by atoms with van der Waals surface area (Å²) in [7, 11) is 0. The zero-order valence-corrected chi connectivity index (χ0v) is 11.4. The quantitative estimate of drug-likeness (QED) is 0.685. The van der Waals surface area contributed by atoms with Crippen LogP contribution in [0.2, 0.25) is 0 Å². The Balaban J connectivity index is 2.17. The molecule has 2 aromatic rings. The second kappa shape index (κ2) is 6.20. The van der Waals surface area contributed by atoms with Gasteiger partial charge in [0.25, 0.3) is 0 Å². The van der Waals surface area contributed by atoms with Crippen molar-refractivity contribution in [2.75, 3.05) is 6.26 Å². The van der Waals surface area contributed by atoms with Gasteiger partial charge in [-0.3, -0.25) is 9.79 Å². The van der Waals surface area contributed by atoms with Gasteiger partial charge in [0.15, 0.2) is 0 Å². The lowest BCUT2D eigenvalue weighted by Crippen LogP contribution is -2.10. The van der Waals surface area contributed by atoms with Gasteiger partial charge in [-0.05, 0) is 42.2 Å². The molecule has 0 radical (unpaired) electrons. The van der Waals surface area contributed by atoms with E-state index < -0.39 is 5.91 Å². The Hall–Kier alpha value is -2.07. The lowest BCUT2D eigenvalue weighted by Gasteiger charge is -1.98. The lowest BCUT2D eigenvalue weighted by atomic mass is 10.2. The standard InChI is InChI=1S/C15H14N2OS/c1-19-14-7-5-11(6-8-14)10-17-13-4-2-3-12(9-13)15(16)18/h2-10H,1H3,(H2,16,18). The molecule has 2 aromatic carbocycles. The molecule has 4 heteroatoms. The van der Waals surface area contributed by atoms with Gasteiger partial charge in [0.1, 0.15) is 0 Å². The van der Waals surface area contributed by atoms with Crippen molar-refractivity contribution in [3.8, 4) is 0 Å². The smallest absolute Gasteiger partial charge is 0.248 e. The van der Waals surface area contributed by atoms with Crippen LogP contribution in [0.3, 0.4) is 0 Å². The first-order valence-electron chi connectivity index (χ1n) is 5.77. The number of thioether (sulfide) groups is 1. The topological polar surface area (TPSA) is 55.4 Å². The summed E-state index contributed by atoms with van der Waals surface area (Å²) in [5, 5.41) is 0. The first-order chi connectivity index (χ1) is 9.19. The summed E-state index contributed by atoms with van der Waals surface area (Å²) >= 11 is 1.70. The maximum absolute atomic E-state index is 11.1. The molecule has 0 aliphatic rings. The summed E-state index contributed by atoms with van der Waals surface area (Å²) < 4.78 is 0. The third-order valence-electron chi connectivity index (χ3n) is 2.61. The normalized spacial score (nSPS) is 10.8. The van der Waals surface area contributed by atoms with Gasteiger partial charge in [-0.1, -0.05) is 18.2 Å². The molecular formula is C15H14N2OS. The molecule has 19 heavy (non-hydrogen) atoms. The van der Waals surface area contributed by atoms with E-state index in [0.717, 1.165) is 5.56 Å². The van der Waals surface area contributed by atoms with Crippen LogP contribution in [0, 0.1) is 0 Å². The number of benzene rings is 2. The number of aliphatic imine (C=N–C) groups is 1. The molecular weight excluding hydrogens is 256 g/mol. The number of primary amides is 1. The number of carbonyl (C=O) groups excluding carboxylic acids is 1. The molecule has 0 aliphatic heterocycles. The Kier molecular flexibility index (Phi) is 4.36. The Morgan fingerprint density at radius 1 is 1.21 bits per heavy atom. The van der Waals surface area contributed by atoms with Gasteiger partial charge in [0, 0.05) is 16.7 Å². The summed E-state index contributed by atoms with van der Waals surface area (Å²) in [5.74, 6) is -0.443. The first-order valence-corrected chi connectivity index (χ1v) is 6.99. The molecule has 0 spiro atoms. The van der Waals surface area contributed by atoms with Crippen LogP contribution in [0.15, 0.2) is 58.4 Å². The predicted molar refractivity (Wildman–Crippen MR) is 80.4 cm³/mol. The zero-order valence-electron chi connectivity index (χ0n) is 10.5. The third kappa shape index (κ3) is 3.69. The highest BCUT2D eigenvalue weighted by Crippen LogP contribution is 2.16. The molecule has 0 saturated carbocycles. The van der Waals surface area contributed by atoms with Crippen molar-refractivity contribution in [3.63, 3.8) is 0 Å². The predicted octanol–water partition coefficient (Wildman–Crippen LogP) is 3.26. The molecule has 0 bridgehead atoms. The molecule has 0 fully saturated rings. The molecule has 0 saturated heterocycles. The summed E-state index contributed by atoms with van der Waals surface area (Å²) in [6, 6.07) is 15.1. The van der Waals surface area contributed by atoms with E-state index >= 15 is 0 Å². The van der Waals surface area contributed by atoms with Crippen molar-refractivity contribution in [2.24, 2.45) is 10.7 Å². The van der Waals surface area contributed by atoms with Crippen LogP contribution >= 0.6 is 11.8 Å². The van der Waals surface area contributed by atoms with Gasteiger partial charge < -0.3 is 5.73 Å². The number of nitrogens with two attached hydrogens (primary N) is 1. The minimum atomic E-state index is -0.443. The van der Waals surface area contributed by atoms with Crippen molar-refractivity contribution in [3.05, 3.63) is 59.7 Å². The highest BCUT2D eigenvalue weighted by molar-refractivity contribution is 7.98. The Labute approximate surface area is 116 Å². The van der Waals surface area contributed by atoms with E-state index in [1.807, 2.05) is 36.6 Å². The van der Waals surface area contributed by atoms with Crippen molar-refractivity contribution in [2.45, 2.75) is 4.90 Å². The number of rotatable bonds is 4. The SMILES string of the molecule is CSc1ccc(C=Nc2cccc(C(N)=O)c2)cc1. The van der Waals surface area contributed by atoms with Gasteiger partial charge in [0.05, 0.1) is 5.69 Å². The minimum Gasteiger partial charge on any atom is -0.366 e. The number of hydrogen-bond donors (Lipinski definition) is 1. The van der Waals surface area contributed by atoms with E-state index in [2.05, 4.69) is 4.99 Å². The third-order valence-corrected chi connectivity index (χ3v) is 3.35. The van der Waals surface area contributed by atoms with Gasteiger partial charge in [0.2, 0.25) is 5.91 Å². The fourth-order valence-corrected chi connectivity index (χ4v) is 1.99. The summed E-state index contributed by atoms with van der Waals surface area (Å²) in [6.07, 6.45) is 3.81. The van der Waals surface area contributed by atoms with Gasteiger partial charge in [-0.2, -0.15) is 0 Å². The molecule has 2 N–H and O–H groups in total. The number of nitrogens with zero attached hydrogens (tertiary/aromatic N) is 1. The van der Waals surface area contributed by atoms with Crippen LogP contribution in [0.4, 0.5) is 5.69 Å². The molecule has 0 aromatic heterocycles. The largest absolute Gasteiger partial charge is 0.366 e. The second-order valence-corrected chi connectivity index (χ2v) is 4.83. The second-order valence-electron chi connectivity index (χ2n) is 3.95. The van der Waals surface area contributed by atoms with Gasteiger partial charge in [-0.15, -0.1) is 11.8 Å². The Bertz CT molecular complexity index is 606. The molecule has 3 nitrogen and oxygen atoms in total. The van der Waals surface area contributed by atoms with Gasteiger partial charge >= 0.3 is 0 Å². The summed E-state index contributed by atoms with van der Waals surface area (Å²) in [6.45, 7) is 0. The van der Waals surface area contributed by atoms with Crippen LogP contribution in [0.1, 0.15) is 15.9 Å². The van der Waals surface area contributed by atoms with Crippen molar-refractivity contribution in [1.29, 1.82) is 0 Å². The highest BCUT2D eigenvalue weighted by Gasteiger charge is 1.99. The molecule has 0 heterocycles. The number of hydrogen-bond acceptors (Lipinski definition) is 3. The van der Waals surface area contributed by atoms with E-state index in [0.29, 0.717) is 11.3 Å². The van der Waals surface area contributed by atoms with Crippen molar-refractivity contribution in [1.82, 2.24) is 0 Å². The van der Waals surface area contributed by atoms with Crippen LogP contribution in [0.25, 0.3) is 0 Å². The molecule has 1 amide bonds. The van der Waals surface area contributed by atoms with Crippen LogP contribution in [-0.4, -0.2) is 18.4 Å². The number of amides is 1. The van der Waals surface area contributed by atoms with E-state index in [9.17, 15) is 4.79 Å².